The minimum absolute atomic E-state index is 0.135. The lowest BCUT2D eigenvalue weighted by atomic mass is 10.2. The maximum absolute atomic E-state index is 12.4. The van der Waals surface area contributed by atoms with E-state index in [-0.39, 0.29) is 24.0 Å². The molecule has 0 spiro atoms. The van der Waals surface area contributed by atoms with Crippen molar-refractivity contribution in [1.82, 2.24) is 14.5 Å². The molecule has 2 aromatic carbocycles. The zero-order valence-electron chi connectivity index (χ0n) is 16.9. The summed E-state index contributed by atoms with van der Waals surface area (Å²) < 4.78 is 28.7. The molecule has 30 heavy (non-hydrogen) atoms. The third-order valence-electron chi connectivity index (χ3n) is 4.44. The van der Waals surface area contributed by atoms with Gasteiger partial charge in [0.25, 0.3) is 0 Å². The van der Waals surface area contributed by atoms with Gasteiger partial charge in [-0.2, -0.15) is 5.10 Å². The van der Waals surface area contributed by atoms with E-state index in [1.807, 2.05) is 26.0 Å². The Morgan fingerprint density at radius 2 is 2.00 bits per heavy atom. The quantitative estimate of drug-likeness (QED) is 0.520. The van der Waals surface area contributed by atoms with Crippen LogP contribution in [0.4, 0.5) is 5.69 Å². The van der Waals surface area contributed by atoms with E-state index >= 15 is 0 Å². The van der Waals surface area contributed by atoms with E-state index in [9.17, 15) is 13.2 Å². The normalized spacial score (nSPS) is 11.9. The highest BCUT2D eigenvalue weighted by Crippen LogP contribution is 2.19. The van der Waals surface area contributed by atoms with Crippen molar-refractivity contribution in [1.29, 1.82) is 0 Å². The summed E-state index contributed by atoms with van der Waals surface area (Å²) in [5.41, 5.74) is 2.04. The molecule has 0 saturated carbocycles. The summed E-state index contributed by atoms with van der Waals surface area (Å²) in [7, 11) is -3.42. The Kier molecular flexibility index (Phi) is 7.12. The number of hydrogen-bond acceptors (Lipinski definition) is 4. The van der Waals surface area contributed by atoms with Crippen LogP contribution in [0.1, 0.15) is 25.8 Å². The van der Waals surface area contributed by atoms with Gasteiger partial charge in [0.15, 0.2) is 0 Å². The molecule has 1 aromatic heterocycles. The fraction of sp³-hybridized carbons (Fsp3) is 0.333. The SMILES string of the molecule is CC(C)CNS(=O)(=O)Cc1cccc(NC(=O)CCn2ncc3ccc(Cl)cc32)c1. The Hall–Kier alpha value is -2.42. The van der Waals surface area contributed by atoms with E-state index in [0.717, 1.165) is 10.9 Å². The van der Waals surface area contributed by atoms with Gasteiger partial charge in [-0.3, -0.25) is 9.48 Å². The molecule has 0 atom stereocenters. The standard InChI is InChI=1S/C21H25ClN4O3S/c1-15(2)12-24-30(28,29)14-16-4-3-5-19(10-16)25-21(27)8-9-26-20-11-18(22)7-6-17(20)13-23-26/h3-7,10-11,13,15,24H,8-9,12,14H2,1-2H3,(H,25,27). The smallest absolute Gasteiger partial charge is 0.226 e. The molecule has 0 fully saturated rings. The summed E-state index contributed by atoms with van der Waals surface area (Å²) in [4.78, 5) is 12.4. The molecule has 2 N–H and O–H groups in total. The monoisotopic (exact) mass is 448 g/mol. The maximum Gasteiger partial charge on any atom is 0.226 e. The van der Waals surface area contributed by atoms with Crippen molar-refractivity contribution in [2.45, 2.75) is 32.6 Å². The number of rotatable bonds is 9. The number of hydrogen-bond donors (Lipinski definition) is 2. The van der Waals surface area contributed by atoms with Gasteiger partial charge in [-0.25, -0.2) is 13.1 Å². The Balaban J connectivity index is 1.59. The van der Waals surface area contributed by atoms with Gasteiger partial charge in [-0.15, -0.1) is 0 Å². The number of anilines is 1. The van der Waals surface area contributed by atoms with Gasteiger partial charge in [0.1, 0.15) is 0 Å². The maximum atomic E-state index is 12.4. The first-order chi connectivity index (χ1) is 14.2. The highest BCUT2D eigenvalue weighted by Gasteiger charge is 2.13. The number of carbonyl (C=O) groups excluding carboxylic acids is 1. The molecule has 9 heteroatoms. The van der Waals surface area contributed by atoms with E-state index < -0.39 is 10.0 Å². The van der Waals surface area contributed by atoms with Gasteiger partial charge in [0, 0.05) is 29.1 Å². The minimum Gasteiger partial charge on any atom is -0.326 e. The lowest BCUT2D eigenvalue weighted by Crippen LogP contribution is -2.28. The van der Waals surface area contributed by atoms with Crippen LogP contribution >= 0.6 is 11.6 Å². The average molecular weight is 449 g/mol. The van der Waals surface area contributed by atoms with Crippen LogP contribution in [0.2, 0.25) is 5.02 Å². The van der Waals surface area contributed by atoms with Gasteiger partial charge in [-0.05, 0) is 41.8 Å². The number of nitrogens with zero attached hydrogens (tertiary/aromatic N) is 2. The highest BCUT2D eigenvalue weighted by atomic mass is 35.5. The fourth-order valence-electron chi connectivity index (χ4n) is 2.96. The predicted octanol–water partition coefficient (Wildman–Crippen LogP) is 3.79. The van der Waals surface area contributed by atoms with Gasteiger partial charge in [-0.1, -0.05) is 37.6 Å². The molecule has 0 aliphatic carbocycles. The average Bonchev–Trinajstić information content (AvgIpc) is 3.07. The molecule has 0 saturated heterocycles. The number of aromatic nitrogens is 2. The van der Waals surface area contributed by atoms with E-state index in [1.54, 1.807) is 41.2 Å². The Morgan fingerprint density at radius 1 is 1.20 bits per heavy atom. The Labute approximate surface area is 181 Å². The van der Waals surface area contributed by atoms with E-state index in [1.165, 1.54) is 0 Å². The largest absolute Gasteiger partial charge is 0.326 e. The molecule has 3 rings (SSSR count). The third-order valence-corrected chi connectivity index (χ3v) is 5.99. The molecule has 0 radical (unpaired) electrons. The zero-order chi connectivity index (χ0) is 21.7. The Morgan fingerprint density at radius 3 is 2.77 bits per heavy atom. The summed E-state index contributed by atoms with van der Waals surface area (Å²) in [6.07, 6.45) is 1.96. The molecule has 0 aliphatic heterocycles. The number of halogens is 1. The lowest BCUT2D eigenvalue weighted by Gasteiger charge is -2.10. The van der Waals surface area contributed by atoms with Crippen molar-refractivity contribution in [3.05, 3.63) is 59.2 Å². The molecule has 160 valence electrons. The molecule has 0 bridgehead atoms. The first kappa shape index (κ1) is 22.3. The van der Waals surface area contributed by atoms with Gasteiger partial charge >= 0.3 is 0 Å². The first-order valence-electron chi connectivity index (χ1n) is 9.69. The number of benzene rings is 2. The van der Waals surface area contributed by atoms with E-state index in [4.69, 9.17) is 11.6 Å². The van der Waals surface area contributed by atoms with Crippen molar-refractivity contribution in [3.63, 3.8) is 0 Å². The van der Waals surface area contributed by atoms with Crippen molar-refractivity contribution in [3.8, 4) is 0 Å². The zero-order valence-corrected chi connectivity index (χ0v) is 18.5. The summed E-state index contributed by atoms with van der Waals surface area (Å²) in [6.45, 7) is 4.69. The Bertz CT molecular complexity index is 1140. The number of nitrogens with one attached hydrogen (secondary N) is 2. The molecule has 0 aliphatic rings. The molecule has 0 unspecified atom stereocenters. The van der Waals surface area contributed by atoms with Crippen LogP contribution < -0.4 is 10.0 Å². The van der Waals surface area contributed by atoms with Crippen LogP contribution in [0.5, 0.6) is 0 Å². The van der Waals surface area contributed by atoms with Crippen LogP contribution in [0.25, 0.3) is 10.9 Å². The molecule has 7 nitrogen and oxygen atoms in total. The van der Waals surface area contributed by atoms with Gasteiger partial charge < -0.3 is 5.32 Å². The van der Waals surface area contributed by atoms with Crippen LogP contribution in [-0.4, -0.2) is 30.7 Å². The third kappa shape index (κ3) is 6.29. The van der Waals surface area contributed by atoms with Crippen LogP contribution in [-0.2, 0) is 27.1 Å². The van der Waals surface area contributed by atoms with Crippen LogP contribution in [0.15, 0.2) is 48.7 Å². The summed E-state index contributed by atoms with van der Waals surface area (Å²) in [5.74, 6) is -0.0873. The van der Waals surface area contributed by atoms with Gasteiger partial charge in [0.05, 0.1) is 24.0 Å². The molecular formula is C21H25ClN4O3S. The summed E-state index contributed by atoms with van der Waals surface area (Å²) in [5, 5.41) is 8.70. The second-order valence-electron chi connectivity index (χ2n) is 7.57. The number of aryl methyl sites for hydroxylation is 1. The predicted molar refractivity (Wildman–Crippen MR) is 120 cm³/mol. The molecule has 3 aromatic rings. The summed E-state index contributed by atoms with van der Waals surface area (Å²) >= 11 is 6.05. The number of amides is 1. The van der Waals surface area contributed by atoms with E-state index in [0.29, 0.717) is 29.4 Å². The van der Waals surface area contributed by atoms with Crippen molar-refractivity contribution in [2.24, 2.45) is 5.92 Å². The highest BCUT2D eigenvalue weighted by molar-refractivity contribution is 7.88. The second kappa shape index (κ2) is 9.59. The minimum atomic E-state index is -3.42. The first-order valence-corrected chi connectivity index (χ1v) is 11.7. The molecule has 1 amide bonds. The lowest BCUT2D eigenvalue weighted by molar-refractivity contribution is -0.116. The number of carbonyl (C=O) groups is 1. The van der Waals surface area contributed by atoms with E-state index in [2.05, 4.69) is 15.1 Å². The van der Waals surface area contributed by atoms with Crippen LogP contribution in [0.3, 0.4) is 0 Å². The second-order valence-corrected chi connectivity index (χ2v) is 9.81. The number of sulfonamides is 1. The number of fused-ring (bicyclic) bond motifs is 1. The van der Waals surface area contributed by atoms with Crippen LogP contribution in [0, 0.1) is 5.92 Å². The van der Waals surface area contributed by atoms with Crippen molar-refractivity contribution in [2.75, 3.05) is 11.9 Å². The summed E-state index contributed by atoms with van der Waals surface area (Å²) in [6, 6.07) is 12.4. The topological polar surface area (TPSA) is 93.1 Å². The fourth-order valence-corrected chi connectivity index (χ4v) is 4.43. The van der Waals surface area contributed by atoms with Gasteiger partial charge in [0.2, 0.25) is 15.9 Å². The molecule has 1 heterocycles. The molecular weight excluding hydrogens is 424 g/mol. The van der Waals surface area contributed by atoms with Crippen molar-refractivity contribution >= 4 is 44.1 Å². The van der Waals surface area contributed by atoms with Crippen molar-refractivity contribution < 1.29 is 13.2 Å².